The van der Waals surface area contributed by atoms with Crippen LogP contribution in [0.1, 0.15) is 0 Å². The van der Waals surface area contributed by atoms with E-state index in [1.54, 1.807) is 19.5 Å². The van der Waals surface area contributed by atoms with Crippen LogP contribution >= 0.6 is 11.6 Å². The third-order valence-corrected chi connectivity index (χ3v) is 3.72. The zero-order chi connectivity index (χ0) is 16.1. The average Bonchev–Trinajstić information content (AvgIpc) is 3.00. The molecule has 7 heteroatoms. The molecular weight excluding hydrogens is 328 g/mol. The average molecular weight is 347 g/mol. The predicted octanol–water partition coefficient (Wildman–Crippen LogP) is 3.03. The number of nitrogens with zero attached hydrogens (tertiary/aromatic N) is 2. The van der Waals surface area contributed by atoms with Gasteiger partial charge in [-0.25, -0.2) is 0 Å². The highest BCUT2D eigenvalue weighted by molar-refractivity contribution is 6.30. The Morgan fingerprint density at radius 3 is 2.46 bits per heavy atom. The van der Waals surface area contributed by atoms with Crippen molar-refractivity contribution >= 4 is 17.4 Å². The van der Waals surface area contributed by atoms with Crippen molar-refractivity contribution in [1.29, 1.82) is 0 Å². The van der Waals surface area contributed by atoms with Gasteiger partial charge >= 0.3 is 0 Å². The van der Waals surface area contributed by atoms with Gasteiger partial charge in [0.15, 0.2) is 5.82 Å². The molecule has 0 spiro atoms. The number of nitrogens with one attached hydrogen (secondary N) is 2. The molecule has 3 aromatic rings. The fourth-order valence-electron chi connectivity index (χ4n) is 2.37. The Labute approximate surface area is 145 Å². The fraction of sp³-hybridized carbons (Fsp3) is 0.176. The minimum atomic E-state index is 0. The molecule has 4 N–H and O–H groups in total. The second-order valence-corrected chi connectivity index (χ2v) is 5.42. The van der Waals surface area contributed by atoms with Crippen LogP contribution in [0.25, 0.3) is 22.4 Å². The standard InChI is InChI=1S/C17H17ClN4O.H2O/c1-23-11-10-20-17-15(12-6-8-19-9-7-12)16(21-22-17)13-2-4-14(18)5-3-13;/h2-9H,10-11H2,1H3,(H2,20,21,22);1H2. The Kier molecular flexibility index (Phi) is 6.31. The molecule has 0 aliphatic carbocycles. The number of aromatic nitrogens is 3. The summed E-state index contributed by atoms with van der Waals surface area (Å²) in [7, 11) is 1.68. The molecule has 0 fully saturated rings. The van der Waals surface area contributed by atoms with Gasteiger partial charge in [-0.15, -0.1) is 0 Å². The van der Waals surface area contributed by atoms with Crippen molar-refractivity contribution in [2.24, 2.45) is 0 Å². The molecule has 2 aromatic heterocycles. The van der Waals surface area contributed by atoms with E-state index in [0.29, 0.717) is 18.2 Å². The van der Waals surface area contributed by atoms with E-state index in [4.69, 9.17) is 16.3 Å². The topological polar surface area (TPSA) is 94.3 Å². The molecule has 0 aliphatic heterocycles. The maximum Gasteiger partial charge on any atom is 0.156 e. The van der Waals surface area contributed by atoms with Crippen molar-refractivity contribution in [3.8, 4) is 22.4 Å². The second kappa shape index (κ2) is 8.44. The number of halogens is 1. The van der Waals surface area contributed by atoms with Crippen LogP contribution in [0.3, 0.4) is 0 Å². The zero-order valence-corrected chi connectivity index (χ0v) is 14.0. The third-order valence-electron chi connectivity index (χ3n) is 3.47. The van der Waals surface area contributed by atoms with Gasteiger partial charge in [0.25, 0.3) is 0 Å². The smallest absolute Gasteiger partial charge is 0.156 e. The van der Waals surface area contributed by atoms with Gasteiger partial charge in [0.1, 0.15) is 0 Å². The number of ether oxygens (including phenoxy) is 1. The van der Waals surface area contributed by atoms with Gasteiger partial charge in [-0.05, 0) is 29.8 Å². The number of methoxy groups -OCH3 is 1. The molecule has 0 saturated carbocycles. The highest BCUT2D eigenvalue weighted by Crippen LogP contribution is 2.36. The number of hydrogen-bond acceptors (Lipinski definition) is 4. The van der Waals surface area contributed by atoms with Gasteiger partial charge in [0.05, 0.1) is 17.9 Å². The van der Waals surface area contributed by atoms with E-state index in [1.165, 1.54) is 0 Å². The molecule has 0 atom stereocenters. The SMILES string of the molecule is COCCNc1n[nH]c(-c2ccc(Cl)cc2)c1-c1ccncc1.O. The third kappa shape index (κ3) is 3.91. The monoisotopic (exact) mass is 346 g/mol. The second-order valence-electron chi connectivity index (χ2n) is 4.98. The molecule has 1 aromatic carbocycles. The Hall–Kier alpha value is -2.41. The number of anilines is 1. The molecular formula is C17H19ClN4O2. The fourth-order valence-corrected chi connectivity index (χ4v) is 2.49. The number of pyridine rings is 1. The summed E-state index contributed by atoms with van der Waals surface area (Å²) in [6, 6.07) is 11.6. The summed E-state index contributed by atoms with van der Waals surface area (Å²) in [5.41, 5.74) is 4.01. The maximum atomic E-state index is 5.99. The molecule has 6 nitrogen and oxygen atoms in total. The summed E-state index contributed by atoms with van der Waals surface area (Å²) in [6.45, 7) is 1.29. The Morgan fingerprint density at radius 2 is 1.79 bits per heavy atom. The van der Waals surface area contributed by atoms with Gasteiger partial charge in [-0.2, -0.15) is 5.10 Å². The lowest BCUT2D eigenvalue weighted by Gasteiger charge is -2.08. The van der Waals surface area contributed by atoms with Crippen molar-refractivity contribution in [1.82, 2.24) is 15.2 Å². The minimum absolute atomic E-state index is 0. The van der Waals surface area contributed by atoms with Crippen molar-refractivity contribution in [3.63, 3.8) is 0 Å². The first-order valence-corrected chi connectivity index (χ1v) is 7.65. The predicted molar refractivity (Wildman–Crippen MR) is 96.2 cm³/mol. The molecule has 0 unspecified atom stereocenters. The van der Waals surface area contributed by atoms with E-state index >= 15 is 0 Å². The Balaban J connectivity index is 0.00000208. The highest BCUT2D eigenvalue weighted by Gasteiger charge is 2.16. The van der Waals surface area contributed by atoms with E-state index in [0.717, 1.165) is 28.2 Å². The molecule has 2 heterocycles. The van der Waals surface area contributed by atoms with Crippen molar-refractivity contribution in [2.45, 2.75) is 0 Å². The summed E-state index contributed by atoms with van der Waals surface area (Å²) in [6.07, 6.45) is 3.54. The lowest BCUT2D eigenvalue weighted by molar-refractivity contribution is 0.210. The first-order valence-electron chi connectivity index (χ1n) is 7.27. The summed E-state index contributed by atoms with van der Waals surface area (Å²) in [5.74, 6) is 0.790. The summed E-state index contributed by atoms with van der Waals surface area (Å²) >= 11 is 5.99. The maximum absolute atomic E-state index is 5.99. The Morgan fingerprint density at radius 1 is 1.08 bits per heavy atom. The molecule has 0 aliphatic rings. The molecule has 0 radical (unpaired) electrons. The van der Waals surface area contributed by atoms with Crippen LogP contribution in [0.5, 0.6) is 0 Å². The zero-order valence-electron chi connectivity index (χ0n) is 13.2. The van der Waals surface area contributed by atoms with Crippen LogP contribution < -0.4 is 5.32 Å². The highest BCUT2D eigenvalue weighted by atomic mass is 35.5. The molecule has 126 valence electrons. The number of benzene rings is 1. The van der Waals surface area contributed by atoms with Crippen LogP contribution in [-0.2, 0) is 4.74 Å². The number of aromatic amines is 1. The number of H-pyrrole nitrogens is 1. The van der Waals surface area contributed by atoms with Gasteiger partial charge in [-0.3, -0.25) is 10.1 Å². The molecule has 0 amide bonds. The molecule has 0 saturated heterocycles. The van der Waals surface area contributed by atoms with Crippen molar-refractivity contribution in [3.05, 3.63) is 53.8 Å². The first-order chi connectivity index (χ1) is 11.3. The summed E-state index contributed by atoms with van der Waals surface area (Å²) in [5, 5.41) is 11.5. The minimum Gasteiger partial charge on any atom is -0.412 e. The van der Waals surface area contributed by atoms with Gasteiger partial charge in [0, 0.05) is 36.6 Å². The molecule has 3 rings (SSSR count). The first kappa shape index (κ1) is 17.9. The number of hydrogen-bond donors (Lipinski definition) is 2. The lowest BCUT2D eigenvalue weighted by Crippen LogP contribution is -2.08. The van der Waals surface area contributed by atoms with Crippen LogP contribution in [0.15, 0.2) is 48.8 Å². The number of rotatable bonds is 6. The van der Waals surface area contributed by atoms with Crippen molar-refractivity contribution < 1.29 is 10.2 Å². The normalized spacial score (nSPS) is 10.2. The summed E-state index contributed by atoms with van der Waals surface area (Å²) < 4.78 is 5.09. The van der Waals surface area contributed by atoms with Crippen LogP contribution in [0, 0.1) is 0 Å². The quantitative estimate of drug-likeness (QED) is 0.671. The van der Waals surface area contributed by atoms with E-state index < -0.39 is 0 Å². The van der Waals surface area contributed by atoms with Crippen LogP contribution in [-0.4, -0.2) is 40.9 Å². The lowest BCUT2D eigenvalue weighted by atomic mass is 10.0. The van der Waals surface area contributed by atoms with Gasteiger partial charge in [0.2, 0.25) is 0 Å². The van der Waals surface area contributed by atoms with E-state index in [2.05, 4.69) is 20.5 Å². The van der Waals surface area contributed by atoms with Gasteiger partial charge < -0.3 is 15.5 Å². The Bertz CT molecular complexity index is 760. The van der Waals surface area contributed by atoms with E-state index in [-0.39, 0.29) is 5.48 Å². The van der Waals surface area contributed by atoms with Crippen molar-refractivity contribution in [2.75, 3.05) is 25.6 Å². The molecule has 24 heavy (non-hydrogen) atoms. The molecule has 0 bridgehead atoms. The van der Waals surface area contributed by atoms with E-state index in [9.17, 15) is 0 Å². The summed E-state index contributed by atoms with van der Waals surface area (Å²) in [4.78, 5) is 4.09. The van der Waals surface area contributed by atoms with Crippen LogP contribution in [0.2, 0.25) is 5.02 Å². The van der Waals surface area contributed by atoms with Crippen LogP contribution in [0.4, 0.5) is 5.82 Å². The van der Waals surface area contributed by atoms with E-state index in [1.807, 2.05) is 36.4 Å². The van der Waals surface area contributed by atoms with Gasteiger partial charge in [-0.1, -0.05) is 23.7 Å². The largest absolute Gasteiger partial charge is 0.412 e.